The summed E-state index contributed by atoms with van der Waals surface area (Å²) in [4.78, 5) is 15.9. The Labute approximate surface area is 227 Å². The molecular weight excluding hydrogens is 478 g/mol. The van der Waals surface area contributed by atoms with E-state index >= 15 is 0 Å². The Morgan fingerprint density at radius 3 is 2.26 bits per heavy atom. The van der Waals surface area contributed by atoms with Crippen molar-refractivity contribution >= 4 is 17.3 Å². The lowest BCUT2D eigenvalue weighted by atomic mass is 9.86. The molecule has 0 saturated carbocycles. The van der Waals surface area contributed by atoms with E-state index in [1.54, 1.807) is 25.0 Å². The van der Waals surface area contributed by atoms with E-state index in [1.165, 1.54) is 5.56 Å². The first-order valence-corrected chi connectivity index (χ1v) is 13.5. The number of nitrogens with zero attached hydrogens (tertiary/aromatic N) is 4. The van der Waals surface area contributed by atoms with Gasteiger partial charge in [-0.05, 0) is 61.1 Å². The molecule has 1 heterocycles. The maximum Gasteiger partial charge on any atom is 0.278 e. The molecule has 0 radical (unpaired) electrons. The Bertz CT molecular complexity index is 1220. The first-order chi connectivity index (χ1) is 18.1. The van der Waals surface area contributed by atoms with Gasteiger partial charge in [-0.3, -0.25) is 4.79 Å². The normalized spacial score (nSPS) is 11.4. The van der Waals surface area contributed by atoms with Crippen molar-refractivity contribution in [1.29, 1.82) is 0 Å². The van der Waals surface area contributed by atoms with Crippen LogP contribution in [0.25, 0.3) is 5.69 Å². The fourth-order valence-corrected chi connectivity index (χ4v) is 4.29. The molecule has 8 nitrogen and oxygen atoms in total. The van der Waals surface area contributed by atoms with Crippen LogP contribution >= 0.6 is 0 Å². The number of ether oxygens (including phenoxy) is 2. The van der Waals surface area contributed by atoms with E-state index in [2.05, 4.69) is 73.3 Å². The minimum atomic E-state index is -0.304. The van der Waals surface area contributed by atoms with Gasteiger partial charge in [0, 0.05) is 30.5 Å². The monoisotopic (exact) mass is 521 g/mol. The number of unbranched alkanes of at least 4 members (excludes halogenated alkanes) is 2. The van der Waals surface area contributed by atoms with E-state index in [-0.39, 0.29) is 17.0 Å². The zero-order valence-corrected chi connectivity index (χ0v) is 24.2. The molecule has 0 fully saturated rings. The summed E-state index contributed by atoms with van der Waals surface area (Å²) >= 11 is 0. The predicted octanol–water partition coefficient (Wildman–Crippen LogP) is 6.55. The van der Waals surface area contributed by atoms with Gasteiger partial charge in [0.05, 0.1) is 19.9 Å². The highest BCUT2D eigenvalue weighted by atomic mass is 16.5. The molecule has 0 atom stereocenters. The van der Waals surface area contributed by atoms with Gasteiger partial charge < -0.3 is 19.7 Å². The molecule has 3 aromatic rings. The fourth-order valence-electron chi connectivity index (χ4n) is 4.29. The summed E-state index contributed by atoms with van der Waals surface area (Å²) in [6.07, 6.45) is 4.53. The number of methoxy groups -OCH3 is 2. The molecule has 206 valence electrons. The molecule has 0 aliphatic heterocycles. The quantitative estimate of drug-likeness (QED) is 0.291. The van der Waals surface area contributed by atoms with Crippen LogP contribution in [0.5, 0.6) is 11.5 Å². The van der Waals surface area contributed by atoms with Gasteiger partial charge in [0.2, 0.25) is 0 Å². The van der Waals surface area contributed by atoms with Crippen molar-refractivity contribution in [2.45, 2.75) is 72.6 Å². The summed E-state index contributed by atoms with van der Waals surface area (Å²) < 4.78 is 12.5. The Balaban J connectivity index is 1.96. The van der Waals surface area contributed by atoms with E-state index in [0.29, 0.717) is 22.9 Å². The Morgan fingerprint density at radius 2 is 1.68 bits per heavy atom. The molecule has 0 saturated heterocycles. The third-order valence-electron chi connectivity index (χ3n) is 6.69. The number of anilines is 2. The van der Waals surface area contributed by atoms with Gasteiger partial charge in [-0.25, -0.2) is 4.68 Å². The van der Waals surface area contributed by atoms with Crippen LogP contribution in [0.4, 0.5) is 11.4 Å². The summed E-state index contributed by atoms with van der Waals surface area (Å²) in [5.41, 5.74) is 4.50. The summed E-state index contributed by atoms with van der Waals surface area (Å²) in [7, 11) is 3.19. The summed E-state index contributed by atoms with van der Waals surface area (Å²) in [5.74, 6) is 0.956. The zero-order chi connectivity index (χ0) is 27.9. The molecule has 1 N–H and O–H groups in total. The van der Waals surface area contributed by atoms with Crippen LogP contribution in [-0.4, -0.2) is 48.2 Å². The number of carbonyl (C=O) groups is 1. The minimum absolute atomic E-state index is 0.0708. The number of rotatable bonds is 12. The largest absolute Gasteiger partial charge is 0.497 e. The topological polar surface area (TPSA) is 81.5 Å². The fraction of sp³-hybridized carbons (Fsp3) is 0.500. The number of amides is 1. The van der Waals surface area contributed by atoms with Gasteiger partial charge in [0.15, 0.2) is 5.69 Å². The average Bonchev–Trinajstić information content (AvgIpc) is 3.28. The Hall–Kier alpha value is -3.55. The highest BCUT2D eigenvalue weighted by Crippen LogP contribution is 2.32. The number of nitrogens with one attached hydrogen (secondary N) is 1. The molecular formula is C30H43N5O3. The molecule has 0 aliphatic rings. The zero-order valence-electron chi connectivity index (χ0n) is 24.2. The molecule has 8 heteroatoms. The van der Waals surface area contributed by atoms with Crippen LogP contribution in [0.3, 0.4) is 0 Å². The van der Waals surface area contributed by atoms with Crippen LogP contribution in [0.1, 0.15) is 82.0 Å². The minimum Gasteiger partial charge on any atom is -0.497 e. The van der Waals surface area contributed by atoms with Crippen LogP contribution in [-0.2, 0) is 5.41 Å². The second-order valence-corrected chi connectivity index (χ2v) is 10.6. The summed E-state index contributed by atoms with van der Waals surface area (Å²) in [5, 5.41) is 11.6. The van der Waals surface area contributed by atoms with Gasteiger partial charge in [0.1, 0.15) is 17.2 Å². The van der Waals surface area contributed by atoms with Gasteiger partial charge in [0.25, 0.3) is 5.91 Å². The first-order valence-electron chi connectivity index (χ1n) is 13.5. The number of hydrogen-bond donors (Lipinski definition) is 1. The van der Waals surface area contributed by atoms with E-state index in [1.807, 2.05) is 19.1 Å². The van der Waals surface area contributed by atoms with Crippen molar-refractivity contribution in [3.8, 4) is 17.2 Å². The lowest BCUT2D eigenvalue weighted by molar-refractivity contribution is 0.102. The van der Waals surface area contributed by atoms with Crippen LogP contribution in [0.15, 0.2) is 36.4 Å². The van der Waals surface area contributed by atoms with Crippen molar-refractivity contribution in [3.05, 3.63) is 53.3 Å². The van der Waals surface area contributed by atoms with Crippen molar-refractivity contribution in [1.82, 2.24) is 15.0 Å². The number of hydrogen-bond acceptors (Lipinski definition) is 6. The molecule has 0 spiro atoms. The SMILES string of the molecule is CCCCN(CCCC)c1cc(NC(=O)c2nnn(-c3cc(OC)ccc3OC)c2C)cc(C(C)(C)C)c1. The Kier molecular flexibility index (Phi) is 9.78. The number of aromatic nitrogens is 3. The second kappa shape index (κ2) is 12.8. The van der Waals surface area contributed by atoms with Gasteiger partial charge in [-0.1, -0.05) is 52.7 Å². The molecule has 0 aliphatic carbocycles. The van der Waals surface area contributed by atoms with E-state index in [4.69, 9.17) is 9.47 Å². The second-order valence-electron chi connectivity index (χ2n) is 10.6. The van der Waals surface area contributed by atoms with E-state index in [0.717, 1.165) is 50.1 Å². The lowest BCUT2D eigenvalue weighted by Crippen LogP contribution is -2.26. The third-order valence-corrected chi connectivity index (χ3v) is 6.69. The van der Waals surface area contributed by atoms with Crippen LogP contribution < -0.4 is 19.7 Å². The molecule has 1 aromatic heterocycles. The van der Waals surface area contributed by atoms with Crippen molar-refractivity contribution in [2.75, 3.05) is 37.5 Å². The van der Waals surface area contributed by atoms with Crippen molar-refractivity contribution in [3.63, 3.8) is 0 Å². The van der Waals surface area contributed by atoms with Gasteiger partial charge in [-0.15, -0.1) is 5.10 Å². The number of carbonyl (C=O) groups excluding carboxylic acids is 1. The van der Waals surface area contributed by atoms with Gasteiger partial charge in [-0.2, -0.15) is 0 Å². The predicted molar refractivity (Wildman–Crippen MR) is 154 cm³/mol. The standard InChI is InChI=1S/C30H43N5O3/c1-9-11-15-34(16-12-10-2)24-18-22(30(4,5)6)17-23(19-24)31-29(36)28-21(3)35(33-32-28)26-20-25(37-7)13-14-27(26)38-8/h13-14,17-20H,9-12,15-16H2,1-8H3,(H,31,36). The molecule has 38 heavy (non-hydrogen) atoms. The molecule has 1 amide bonds. The van der Waals surface area contributed by atoms with Crippen molar-refractivity contribution < 1.29 is 14.3 Å². The summed E-state index contributed by atoms with van der Waals surface area (Å²) in [6, 6.07) is 11.8. The van der Waals surface area contributed by atoms with Crippen LogP contribution in [0.2, 0.25) is 0 Å². The molecule has 0 bridgehead atoms. The summed E-state index contributed by atoms with van der Waals surface area (Å²) in [6.45, 7) is 14.8. The molecule has 0 unspecified atom stereocenters. The van der Waals surface area contributed by atoms with Gasteiger partial charge >= 0.3 is 0 Å². The highest BCUT2D eigenvalue weighted by molar-refractivity contribution is 6.04. The van der Waals surface area contributed by atoms with Crippen molar-refractivity contribution in [2.24, 2.45) is 0 Å². The van der Waals surface area contributed by atoms with Crippen LogP contribution in [0, 0.1) is 6.92 Å². The Morgan fingerprint density at radius 1 is 1.00 bits per heavy atom. The maximum absolute atomic E-state index is 13.4. The molecule has 3 rings (SSSR count). The number of benzene rings is 2. The van der Waals surface area contributed by atoms with E-state index < -0.39 is 0 Å². The first kappa shape index (κ1) is 29.0. The molecule has 2 aromatic carbocycles. The third kappa shape index (κ3) is 6.85. The maximum atomic E-state index is 13.4. The van der Waals surface area contributed by atoms with E-state index in [9.17, 15) is 4.79 Å². The smallest absolute Gasteiger partial charge is 0.278 e. The lowest BCUT2D eigenvalue weighted by Gasteiger charge is -2.28. The average molecular weight is 522 g/mol. The highest BCUT2D eigenvalue weighted by Gasteiger charge is 2.22.